The Labute approximate surface area is 114 Å². The number of urea groups is 1. The number of carbonyl (C=O) groups is 2. The molecule has 108 valence electrons. The van der Waals surface area contributed by atoms with Crippen molar-refractivity contribution in [3.63, 3.8) is 0 Å². The maximum Gasteiger partial charge on any atom is 0.321 e. The average Bonchev–Trinajstić information content (AvgIpc) is 2.99. The van der Waals surface area contributed by atoms with Crippen molar-refractivity contribution in [1.82, 2.24) is 21.3 Å². The Hall–Kier alpha value is -1.14. The van der Waals surface area contributed by atoms with Crippen LogP contribution in [0.2, 0.25) is 0 Å². The number of hydrogen-bond acceptors (Lipinski definition) is 4. The van der Waals surface area contributed by atoms with E-state index in [2.05, 4.69) is 28.2 Å². The third kappa shape index (κ3) is 4.47. The number of hydrogen-bond donors (Lipinski definition) is 4. The van der Waals surface area contributed by atoms with E-state index in [-0.39, 0.29) is 30.1 Å². The second kappa shape index (κ2) is 6.34. The molecular weight excluding hydrogens is 244 g/mol. The predicted molar refractivity (Wildman–Crippen MR) is 72.8 cm³/mol. The number of imide groups is 1. The summed E-state index contributed by atoms with van der Waals surface area (Å²) in [7, 11) is 0. The molecule has 0 aromatic rings. The monoisotopic (exact) mass is 268 g/mol. The maximum atomic E-state index is 11.7. The molecule has 1 unspecified atom stereocenters. The Balaban J connectivity index is 1.64. The van der Waals surface area contributed by atoms with Crippen molar-refractivity contribution in [3.05, 3.63) is 0 Å². The molecule has 2 aliphatic rings. The van der Waals surface area contributed by atoms with Gasteiger partial charge in [0.15, 0.2) is 0 Å². The molecule has 2 rings (SSSR count). The van der Waals surface area contributed by atoms with Gasteiger partial charge in [-0.3, -0.25) is 10.1 Å². The Morgan fingerprint density at radius 2 is 2.05 bits per heavy atom. The van der Waals surface area contributed by atoms with Gasteiger partial charge in [0.1, 0.15) is 0 Å². The summed E-state index contributed by atoms with van der Waals surface area (Å²) in [6.45, 7) is 4.08. The standard InChI is InChI=1S/C13H24N4O2/c1-13(6-7-14-9-13)15-8-11(18)17-12(19)16-10-4-2-3-5-10/h10,14-15H,2-9H2,1H3,(H2,16,17,18,19). The molecular formula is C13H24N4O2. The van der Waals surface area contributed by atoms with Gasteiger partial charge in [0.05, 0.1) is 6.54 Å². The van der Waals surface area contributed by atoms with Crippen LogP contribution in [0.5, 0.6) is 0 Å². The molecule has 0 aromatic heterocycles. The van der Waals surface area contributed by atoms with Crippen molar-refractivity contribution in [1.29, 1.82) is 0 Å². The molecule has 1 atom stereocenters. The highest BCUT2D eigenvalue weighted by atomic mass is 16.2. The van der Waals surface area contributed by atoms with Crippen LogP contribution in [-0.2, 0) is 4.79 Å². The largest absolute Gasteiger partial charge is 0.335 e. The molecule has 1 saturated carbocycles. The van der Waals surface area contributed by atoms with Crippen LogP contribution in [0.25, 0.3) is 0 Å². The zero-order chi connectivity index (χ0) is 13.7. The lowest BCUT2D eigenvalue weighted by Gasteiger charge is -2.24. The second-order valence-electron chi connectivity index (χ2n) is 5.84. The minimum atomic E-state index is -0.367. The third-order valence-electron chi connectivity index (χ3n) is 3.99. The average molecular weight is 268 g/mol. The quantitative estimate of drug-likeness (QED) is 0.583. The van der Waals surface area contributed by atoms with Crippen LogP contribution in [0, 0.1) is 0 Å². The third-order valence-corrected chi connectivity index (χ3v) is 3.99. The molecule has 0 bridgehead atoms. The van der Waals surface area contributed by atoms with Crippen LogP contribution in [0.15, 0.2) is 0 Å². The van der Waals surface area contributed by atoms with E-state index >= 15 is 0 Å². The topological polar surface area (TPSA) is 82.3 Å². The summed E-state index contributed by atoms with van der Waals surface area (Å²) >= 11 is 0. The van der Waals surface area contributed by atoms with E-state index in [9.17, 15) is 9.59 Å². The lowest BCUT2D eigenvalue weighted by molar-refractivity contribution is -0.119. The molecule has 19 heavy (non-hydrogen) atoms. The van der Waals surface area contributed by atoms with E-state index in [1.807, 2.05) is 0 Å². The van der Waals surface area contributed by atoms with E-state index in [1.165, 1.54) is 0 Å². The lowest BCUT2D eigenvalue weighted by Crippen LogP contribution is -2.51. The molecule has 4 N–H and O–H groups in total. The Bertz CT molecular complexity index is 334. The molecule has 1 aliphatic heterocycles. The van der Waals surface area contributed by atoms with E-state index in [0.717, 1.165) is 45.2 Å². The number of rotatable bonds is 4. The van der Waals surface area contributed by atoms with Crippen molar-refractivity contribution in [2.24, 2.45) is 0 Å². The van der Waals surface area contributed by atoms with Gasteiger partial charge in [-0.15, -0.1) is 0 Å². The lowest BCUT2D eigenvalue weighted by atomic mass is 10.0. The second-order valence-corrected chi connectivity index (χ2v) is 5.84. The van der Waals surface area contributed by atoms with Crippen LogP contribution in [-0.4, -0.2) is 43.2 Å². The molecule has 2 fully saturated rings. The van der Waals surface area contributed by atoms with Crippen molar-refractivity contribution >= 4 is 11.9 Å². The highest BCUT2D eigenvalue weighted by Crippen LogP contribution is 2.17. The van der Waals surface area contributed by atoms with Gasteiger partial charge in [0.2, 0.25) is 5.91 Å². The molecule has 1 aliphatic carbocycles. The Morgan fingerprint density at radius 1 is 1.32 bits per heavy atom. The van der Waals surface area contributed by atoms with Crippen molar-refractivity contribution in [2.75, 3.05) is 19.6 Å². The molecule has 0 aromatic carbocycles. The number of nitrogens with one attached hydrogen (secondary N) is 4. The fourth-order valence-electron chi connectivity index (χ4n) is 2.72. The van der Waals surface area contributed by atoms with E-state index < -0.39 is 0 Å². The van der Waals surface area contributed by atoms with Crippen LogP contribution in [0.1, 0.15) is 39.0 Å². The molecule has 6 heteroatoms. The summed E-state index contributed by atoms with van der Waals surface area (Å²) in [4.78, 5) is 23.3. The van der Waals surface area contributed by atoms with Crippen LogP contribution in [0.4, 0.5) is 4.79 Å². The Morgan fingerprint density at radius 3 is 2.68 bits per heavy atom. The zero-order valence-electron chi connectivity index (χ0n) is 11.6. The summed E-state index contributed by atoms with van der Waals surface area (Å²) in [5.74, 6) is -0.274. The van der Waals surface area contributed by atoms with Gasteiger partial charge >= 0.3 is 6.03 Å². The first-order valence-electron chi connectivity index (χ1n) is 7.13. The zero-order valence-corrected chi connectivity index (χ0v) is 11.6. The number of amides is 3. The molecule has 0 spiro atoms. The molecule has 1 heterocycles. The smallest absolute Gasteiger partial charge is 0.321 e. The summed E-state index contributed by atoms with van der Waals surface area (Å²) in [6.07, 6.45) is 5.35. The van der Waals surface area contributed by atoms with Crippen LogP contribution < -0.4 is 21.3 Å². The number of carbonyl (C=O) groups excluding carboxylic acids is 2. The molecule has 3 amide bonds. The summed E-state index contributed by atoms with van der Waals surface area (Å²) < 4.78 is 0. The maximum absolute atomic E-state index is 11.7. The van der Waals surface area contributed by atoms with Crippen LogP contribution in [0.3, 0.4) is 0 Å². The van der Waals surface area contributed by atoms with Crippen LogP contribution >= 0.6 is 0 Å². The summed E-state index contributed by atoms with van der Waals surface area (Å²) in [5.41, 5.74) is -0.0424. The van der Waals surface area contributed by atoms with E-state index in [4.69, 9.17) is 0 Å². The van der Waals surface area contributed by atoms with Gasteiger partial charge in [0, 0.05) is 18.1 Å². The first-order chi connectivity index (χ1) is 9.07. The van der Waals surface area contributed by atoms with Gasteiger partial charge in [0.25, 0.3) is 0 Å². The first-order valence-corrected chi connectivity index (χ1v) is 7.13. The van der Waals surface area contributed by atoms with Gasteiger partial charge in [-0.2, -0.15) is 0 Å². The van der Waals surface area contributed by atoms with Gasteiger partial charge in [-0.1, -0.05) is 12.8 Å². The first kappa shape index (κ1) is 14.3. The van der Waals surface area contributed by atoms with Gasteiger partial charge in [-0.25, -0.2) is 4.79 Å². The fraction of sp³-hybridized carbons (Fsp3) is 0.846. The van der Waals surface area contributed by atoms with Crippen molar-refractivity contribution < 1.29 is 9.59 Å². The SMILES string of the molecule is CC1(NCC(=O)NC(=O)NC2CCCC2)CCNC1. The van der Waals surface area contributed by atoms with E-state index in [1.54, 1.807) is 0 Å². The Kier molecular flexibility index (Phi) is 4.76. The minimum Gasteiger partial charge on any atom is -0.335 e. The highest BCUT2D eigenvalue weighted by molar-refractivity contribution is 5.95. The van der Waals surface area contributed by atoms with Gasteiger partial charge < -0.3 is 16.0 Å². The minimum absolute atomic E-state index is 0.0424. The molecule has 1 saturated heterocycles. The summed E-state index contributed by atoms with van der Waals surface area (Å²) in [6, 6.07) is -0.134. The normalized spacial score (nSPS) is 27.4. The van der Waals surface area contributed by atoms with Crippen molar-refractivity contribution in [3.8, 4) is 0 Å². The van der Waals surface area contributed by atoms with Crippen molar-refractivity contribution in [2.45, 2.75) is 50.6 Å². The summed E-state index contributed by atoms with van der Waals surface area (Å²) in [5, 5.41) is 11.7. The van der Waals surface area contributed by atoms with E-state index in [0.29, 0.717) is 0 Å². The predicted octanol–water partition coefficient (Wildman–Crippen LogP) is 0.0964. The van der Waals surface area contributed by atoms with Gasteiger partial charge in [-0.05, 0) is 32.7 Å². The highest BCUT2D eigenvalue weighted by Gasteiger charge is 2.28. The molecule has 0 radical (unpaired) electrons. The fourth-order valence-corrected chi connectivity index (χ4v) is 2.72. The molecule has 6 nitrogen and oxygen atoms in total.